The van der Waals surface area contributed by atoms with Crippen molar-refractivity contribution in [1.29, 1.82) is 0 Å². The summed E-state index contributed by atoms with van der Waals surface area (Å²) in [6, 6.07) is 7.70. The summed E-state index contributed by atoms with van der Waals surface area (Å²) >= 11 is 0. The molecule has 0 spiro atoms. The Kier molecular flexibility index (Phi) is 5.12. The minimum atomic E-state index is -0.293. The first kappa shape index (κ1) is 14.5. The summed E-state index contributed by atoms with van der Waals surface area (Å²) in [5.74, 6) is -0.289. The van der Waals surface area contributed by atoms with Crippen LogP contribution in [0, 0.1) is 0 Å². The van der Waals surface area contributed by atoms with Gasteiger partial charge in [-0.2, -0.15) is 0 Å². The van der Waals surface area contributed by atoms with E-state index in [9.17, 15) is 9.59 Å². The first-order valence-corrected chi connectivity index (χ1v) is 6.88. The highest BCUT2D eigenvalue weighted by Gasteiger charge is 2.25. The molecule has 1 heterocycles. The van der Waals surface area contributed by atoms with Gasteiger partial charge < -0.3 is 15.4 Å². The zero-order chi connectivity index (χ0) is 14.4. The largest absolute Gasteiger partial charge is 0.469 e. The fourth-order valence-corrected chi connectivity index (χ4v) is 2.39. The van der Waals surface area contributed by atoms with Crippen molar-refractivity contribution in [3.8, 4) is 0 Å². The van der Waals surface area contributed by atoms with Gasteiger partial charge in [-0.3, -0.25) is 9.59 Å². The van der Waals surface area contributed by atoms with Crippen LogP contribution in [0.2, 0.25) is 0 Å². The van der Waals surface area contributed by atoms with Crippen LogP contribution in [0.3, 0.4) is 0 Å². The molecule has 1 aromatic rings. The molecule has 1 unspecified atom stereocenters. The van der Waals surface area contributed by atoms with Crippen molar-refractivity contribution >= 4 is 11.9 Å². The second-order valence-electron chi connectivity index (χ2n) is 4.81. The van der Waals surface area contributed by atoms with Gasteiger partial charge in [0.1, 0.15) is 6.04 Å². The van der Waals surface area contributed by atoms with Gasteiger partial charge in [0.2, 0.25) is 5.91 Å². The molecule has 0 bridgehead atoms. The Morgan fingerprint density at radius 1 is 1.40 bits per heavy atom. The molecule has 0 aromatic heterocycles. The van der Waals surface area contributed by atoms with E-state index in [-0.39, 0.29) is 17.9 Å². The molecule has 5 heteroatoms. The number of carbonyl (C=O) groups excluding carboxylic acids is 2. The molecule has 0 fully saturated rings. The molecule has 1 aliphatic heterocycles. The summed E-state index contributed by atoms with van der Waals surface area (Å²) in [6.07, 6.45) is 1.86. The molecule has 0 saturated heterocycles. The first-order valence-electron chi connectivity index (χ1n) is 6.88. The maximum absolute atomic E-state index is 12.2. The fraction of sp³-hybridized carbons (Fsp3) is 0.467. The number of amides is 1. The van der Waals surface area contributed by atoms with Gasteiger partial charge in [-0.15, -0.1) is 0 Å². The number of hydrogen-bond acceptors (Lipinski definition) is 4. The Bertz CT molecular complexity index is 488. The average Bonchev–Trinajstić information content (AvgIpc) is 2.50. The zero-order valence-corrected chi connectivity index (χ0v) is 11.6. The number of rotatable bonds is 5. The number of hydrogen-bond donors (Lipinski definition) is 2. The van der Waals surface area contributed by atoms with E-state index in [1.54, 1.807) is 0 Å². The van der Waals surface area contributed by atoms with E-state index >= 15 is 0 Å². The number of nitrogens with one attached hydrogen (secondary N) is 2. The lowest BCUT2D eigenvalue weighted by molar-refractivity contribution is -0.140. The summed E-state index contributed by atoms with van der Waals surface area (Å²) in [5, 5.41) is 6.10. The van der Waals surface area contributed by atoms with Gasteiger partial charge in [-0.05, 0) is 24.0 Å². The molecule has 1 amide bonds. The highest BCUT2D eigenvalue weighted by atomic mass is 16.5. The fourth-order valence-electron chi connectivity index (χ4n) is 2.39. The average molecular weight is 276 g/mol. The summed E-state index contributed by atoms with van der Waals surface area (Å²) in [4.78, 5) is 23.2. The minimum Gasteiger partial charge on any atom is -0.469 e. The van der Waals surface area contributed by atoms with Crippen LogP contribution in [0.5, 0.6) is 0 Å². The highest BCUT2D eigenvalue weighted by molar-refractivity contribution is 5.84. The van der Waals surface area contributed by atoms with Crippen molar-refractivity contribution < 1.29 is 14.3 Å². The quantitative estimate of drug-likeness (QED) is 0.620. The third-order valence-electron chi connectivity index (χ3n) is 3.46. The molecule has 1 aliphatic rings. The molecule has 20 heavy (non-hydrogen) atoms. The van der Waals surface area contributed by atoms with Crippen molar-refractivity contribution in [2.24, 2.45) is 0 Å². The van der Waals surface area contributed by atoms with E-state index in [0.29, 0.717) is 19.4 Å². The Balaban J connectivity index is 1.86. The van der Waals surface area contributed by atoms with Gasteiger partial charge >= 0.3 is 5.97 Å². The SMILES string of the molecule is COC(=O)CCCNC(=O)C1NCCc2ccccc21. The summed E-state index contributed by atoms with van der Waals surface area (Å²) in [6.45, 7) is 1.28. The molecule has 2 N–H and O–H groups in total. The predicted molar refractivity (Wildman–Crippen MR) is 75.1 cm³/mol. The number of methoxy groups -OCH3 is 1. The molecule has 5 nitrogen and oxygen atoms in total. The van der Waals surface area contributed by atoms with E-state index in [4.69, 9.17) is 0 Å². The molecular weight excluding hydrogens is 256 g/mol. The van der Waals surface area contributed by atoms with E-state index < -0.39 is 0 Å². The lowest BCUT2D eigenvalue weighted by atomic mass is 9.94. The number of esters is 1. The Hall–Kier alpha value is -1.88. The summed E-state index contributed by atoms with van der Waals surface area (Å²) in [7, 11) is 1.36. The second-order valence-corrected chi connectivity index (χ2v) is 4.81. The topological polar surface area (TPSA) is 67.4 Å². The van der Waals surface area contributed by atoms with Crippen LogP contribution in [0.4, 0.5) is 0 Å². The third kappa shape index (κ3) is 3.57. The van der Waals surface area contributed by atoms with Crippen molar-refractivity contribution in [2.45, 2.75) is 25.3 Å². The van der Waals surface area contributed by atoms with Crippen LogP contribution >= 0.6 is 0 Å². The normalized spacial score (nSPS) is 17.1. The molecular formula is C15H20N2O3. The second kappa shape index (κ2) is 7.05. The monoisotopic (exact) mass is 276 g/mol. The minimum absolute atomic E-state index is 0.0398. The molecule has 2 rings (SSSR count). The van der Waals surface area contributed by atoms with E-state index in [0.717, 1.165) is 18.5 Å². The number of ether oxygens (including phenoxy) is 1. The van der Waals surface area contributed by atoms with Crippen molar-refractivity contribution in [2.75, 3.05) is 20.2 Å². The van der Waals surface area contributed by atoms with Gasteiger partial charge in [0.05, 0.1) is 7.11 Å². The first-order chi connectivity index (χ1) is 9.72. The maximum atomic E-state index is 12.2. The van der Waals surface area contributed by atoms with Crippen molar-refractivity contribution in [3.05, 3.63) is 35.4 Å². The van der Waals surface area contributed by atoms with Crippen LogP contribution in [-0.4, -0.2) is 32.1 Å². The van der Waals surface area contributed by atoms with Crippen LogP contribution < -0.4 is 10.6 Å². The van der Waals surface area contributed by atoms with Crippen LogP contribution in [0.25, 0.3) is 0 Å². The lowest BCUT2D eigenvalue weighted by Crippen LogP contribution is -2.41. The molecule has 1 atom stereocenters. The van der Waals surface area contributed by atoms with Crippen LogP contribution in [0.15, 0.2) is 24.3 Å². The Morgan fingerprint density at radius 2 is 2.20 bits per heavy atom. The van der Waals surface area contributed by atoms with Crippen LogP contribution in [0.1, 0.15) is 30.0 Å². The molecule has 108 valence electrons. The number of carbonyl (C=O) groups is 2. The maximum Gasteiger partial charge on any atom is 0.305 e. The van der Waals surface area contributed by atoms with E-state index in [1.807, 2.05) is 18.2 Å². The van der Waals surface area contributed by atoms with Gasteiger partial charge in [0.15, 0.2) is 0 Å². The standard InChI is InChI=1S/C15H20N2O3/c1-20-13(18)7-4-9-17-15(19)14-12-6-3-2-5-11(12)8-10-16-14/h2-3,5-6,14,16H,4,7-10H2,1H3,(H,17,19). The zero-order valence-electron chi connectivity index (χ0n) is 11.6. The van der Waals surface area contributed by atoms with E-state index in [1.165, 1.54) is 12.7 Å². The van der Waals surface area contributed by atoms with Crippen molar-refractivity contribution in [1.82, 2.24) is 10.6 Å². The Morgan fingerprint density at radius 3 is 3.00 bits per heavy atom. The highest BCUT2D eigenvalue weighted by Crippen LogP contribution is 2.22. The molecule has 1 aromatic carbocycles. The summed E-state index contributed by atoms with van der Waals surface area (Å²) in [5.41, 5.74) is 2.27. The summed E-state index contributed by atoms with van der Waals surface area (Å²) < 4.78 is 4.56. The molecule has 0 radical (unpaired) electrons. The number of benzene rings is 1. The van der Waals surface area contributed by atoms with E-state index in [2.05, 4.69) is 21.4 Å². The van der Waals surface area contributed by atoms with Crippen molar-refractivity contribution in [3.63, 3.8) is 0 Å². The third-order valence-corrected chi connectivity index (χ3v) is 3.46. The predicted octanol–water partition coefficient (Wildman–Crippen LogP) is 0.943. The molecule has 0 aliphatic carbocycles. The number of fused-ring (bicyclic) bond motifs is 1. The smallest absolute Gasteiger partial charge is 0.305 e. The van der Waals surface area contributed by atoms with Gasteiger partial charge in [-0.25, -0.2) is 0 Å². The van der Waals surface area contributed by atoms with Gasteiger partial charge in [-0.1, -0.05) is 24.3 Å². The molecule has 0 saturated carbocycles. The van der Waals surface area contributed by atoms with Gasteiger partial charge in [0.25, 0.3) is 0 Å². The lowest BCUT2D eigenvalue weighted by Gasteiger charge is -2.26. The van der Waals surface area contributed by atoms with Gasteiger partial charge in [0, 0.05) is 19.5 Å². The Labute approximate surface area is 118 Å². The van der Waals surface area contributed by atoms with Crippen LogP contribution in [-0.2, 0) is 20.7 Å².